The van der Waals surface area contributed by atoms with E-state index in [1.807, 2.05) is 18.2 Å². The summed E-state index contributed by atoms with van der Waals surface area (Å²) in [6.07, 6.45) is 1.93. The lowest BCUT2D eigenvalue weighted by Crippen LogP contribution is -2.38. The van der Waals surface area contributed by atoms with Crippen LogP contribution < -0.4 is 15.4 Å². The predicted octanol–water partition coefficient (Wildman–Crippen LogP) is 0.950. The van der Waals surface area contributed by atoms with E-state index in [1.165, 1.54) is 0 Å². The molecule has 1 heterocycles. The number of amides is 1. The van der Waals surface area contributed by atoms with Crippen LogP contribution in [0.25, 0.3) is 0 Å². The molecular weight excluding hydrogens is 244 g/mol. The number of carbonyl (C=O) groups excluding carboxylic acids is 1. The SMILES string of the molecule is COc1ccc2c(c1)CCCN2C(=O)COCCN. The molecule has 19 heavy (non-hydrogen) atoms. The Bertz CT molecular complexity index is 448. The van der Waals surface area contributed by atoms with Gasteiger partial charge in [0.25, 0.3) is 5.91 Å². The molecule has 104 valence electrons. The molecule has 1 amide bonds. The van der Waals surface area contributed by atoms with Gasteiger partial charge in [0.1, 0.15) is 12.4 Å². The second-order valence-corrected chi connectivity index (χ2v) is 4.48. The number of nitrogens with zero attached hydrogens (tertiary/aromatic N) is 1. The zero-order valence-electron chi connectivity index (χ0n) is 11.2. The Kier molecular flexibility index (Phi) is 4.76. The molecule has 0 aliphatic carbocycles. The van der Waals surface area contributed by atoms with Gasteiger partial charge < -0.3 is 20.1 Å². The van der Waals surface area contributed by atoms with Crippen molar-refractivity contribution in [2.45, 2.75) is 12.8 Å². The molecule has 2 rings (SSSR count). The third-order valence-electron chi connectivity index (χ3n) is 3.19. The summed E-state index contributed by atoms with van der Waals surface area (Å²) >= 11 is 0. The van der Waals surface area contributed by atoms with Crippen LogP contribution in [0.5, 0.6) is 5.75 Å². The van der Waals surface area contributed by atoms with Crippen molar-refractivity contribution >= 4 is 11.6 Å². The van der Waals surface area contributed by atoms with Gasteiger partial charge in [-0.3, -0.25) is 4.79 Å². The average molecular weight is 264 g/mol. The topological polar surface area (TPSA) is 64.8 Å². The van der Waals surface area contributed by atoms with Crippen molar-refractivity contribution in [2.75, 3.05) is 38.3 Å². The monoisotopic (exact) mass is 264 g/mol. The van der Waals surface area contributed by atoms with Crippen molar-refractivity contribution in [3.8, 4) is 5.75 Å². The second kappa shape index (κ2) is 6.54. The van der Waals surface area contributed by atoms with E-state index in [0.29, 0.717) is 13.2 Å². The number of hydrogen-bond donors (Lipinski definition) is 1. The maximum Gasteiger partial charge on any atom is 0.252 e. The van der Waals surface area contributed by atoms with Crippen molar-refractivity contribution in [3.63, 3.8) is 0 Å². The molecular formula is C14H20N2O3. The maximum absolute atomic E-state index is 12.1. The summed E-state index contributed by atoms with van der Waals surface area (Å²) in [5.41, 5.74) is 7.45. The summed E-state index contributed by atoms with van der Waals surface area (Å²) in [5, 5.41) is 0. The summed E-state index contributed by atoms with van der Waals surface area (Å²) in [6, 6.07) is 5.81. The Balaban J connectivity index is 2.11. The zero-order valence-corrected chi connectivity index (χ0v) is 11.2. The Morgan fingerprint density at radius 2 is 2.32 bits per heavy atom. The number of carbonyl (C=O) groups is 1. The summed E-state index contributed by atoms with van der Waals surface area (Å²) in [5.74, 6) is 0.812. The van der Waals surface area contributed by atoms with E-state index in [9.17, 15) is 4.79 Å². The van der Waals surface area contributed by atoms with Crippen molar-refractivity contribution < 1.29 is 14.3 Å². The number of anilines is 1. The fraction of sp³-hybridized carbons (Fsp3) is 0.500. The molecule has 0 fully saturated rings. The number of aryl methyl sites for hydroxylation is 1. The van der Waals surface area contributed by atoms with Crippen LogP contribution in [-0.4, -0.2) is 39.3 Å². The third-order valence-corrected chi connectivity index (χ3v) is 3.19. The molecule has 5 heteroatoms. The number of rotatable bonds is 5. The van der Waals surface area contributed by atoms with Gasteiger partial charge in [0, 0.05) is 18.8 Å². The minimum Gasteiger partial charge on any atom is -0.497 e. The molecule has 0 saturated carbocycles. The van der Waals surface area contributed by atoms with Gasteiger partial charge in [-0.05, 0) is 36.6 Å². The minimum atomic E-state index is -0.0143. The quantitative estimate of drug-likeness (QED) is 0.804. The standard InChI is InChI=1S/C14H20N2O3/c1-18-12-4-5-13-11(9-12)3-2-7-16(13)14(17)10-19-8-6-15/h4-5,9H,2-3,6-8,10,15H2,1H3. The van der Waals surface area contributed by atoms with Gasteiger partial charge in [-0.2, -0.15) is 0 Å². The van der Waals surface area contributed by atoms with Crippen molar-refractivity contribution in [1.82, 2.24) is 0 Å². The van der Waals surface area contributed by atoms with E-state index in [1.54, 1.807) is 12.0 Å². The molecule has 2 N–H and O–H groups in total. The zero-order chi connectivity index (χ0) is 13.7. The molecule has 1 aliphatic rings. The smallest absolute Gasteiger partial charge is 0.252 e. The average Bonchev–Trinajstić information content (AvgIpc) is 2.46. The van der Waals surface area contributed by atoms with Crippen LogP contribution in [0.1, 0.15) is 12.0 Å². The van der Waals surface area contributed by atoms with E-state index in [4.69, 9.17) is 15.2 Å². The Morgan fingerprint density at radius 3 is 3.05 bits per heavy atom. The van der Waals surface area contributed by atoms with E-state index in [2.05, 4.69) is 0 Å². The molecule has 1 aromatic carbocycles. The fourth-order valence-corrected chi connectivity index (χ4v) is 2.28. The highest BCUT2D eigenvalue weighted by atomic mass is 16.5. The lowest BCUT2D eigenvalue weighted by molar-refractivity contribution is -0.123. The van der Waals surface area contributed by atoms with Crippen LogP contribution in [0.15, 0.2) is 18.2 Å². The Labute approximate surface area is 113 Å². The van der Waals surface area contributed by atoms with Gasteiger partial charge in [-0.15, -0.1) is 0 Å². The van der Waals surface area contributed by atoms with Crippen LogP contribution in [0.3, 0.4) is 0 Å². The van der Waals surface area contributed by atoms with Gasteiger partial charge in [0.2, 0.25) is 0 Å². The number of fused-ring (bicyclic) bond motifs is 1. The number of nitrogens with two attached hydrogens (primary N) is 1. The van der Waals surface area contributed by atoms with Crippen LogP contribution in [-0.2, 0) is 16.0 Å². The van der Waals surface area contributed by atoms with Gasteiger partial charge >= 0.3 is 0 Å². The van der Waals surface area contributed by atoms with E-state index in [-0.39, 0.29) is 12.5 Å². The lowest BCUT2D eigenvalue weighted by atomic mass is 10.0. The molecule has 0 bridgehead atoms. The molecule has 0 atom stereocenters. The highest BCUT2D eigenvalue weighted by Crippen LogP contribution is 2.30. The van der Waals surface area contributed by atoms with E-state index < -0.39 is 0 Å². The highest BCUT2D eigenvalue weighted by Gasteiger charge is 2.22. The van der Waals surface area contributed by atoms with Crippen LogP contribution in [0, 0.1) is 0 Å². The van der Waals surface area contributed by atoms with E-state index >= 15 is 0 Å². The first-order chi connectivity index (χ1) is 9.26. The molecule has 0 radical (unpaired) electrons. The minimum absolute atomic E-state index is 0.0143. The van der Waals surface area contributed by atoms with Crippen molar-refractivity contribution in [3.05, 3.63) is 23.8 Å². The predicted molar refractivity (Wildman–Crippen MR) is 73.5 cm³/mol. The summed E-state index contributed by atoms with van der Waals surface area (Å²) < 4.78 is 10.4. The number of hydrogen-bond acceptors (Lipinski definition) is 4. The van der Waals surface area contributed by atoms with Gasteiger partial charge in [-0.25, -0.2) is 0 Å². The van der Waals surface area contributed by atoms with Crippen molar-refractivity contribution in [1.29, 1.82) is 0 Å². The number of benzene rings is 1. The molecule has 5 nitrogen and oxygen atoms in total. The van der Waals surface area contributed by atoms with Gasteiger partial charge in [0.15, 0.2) is 0 Å². The first kappa shape index (κ1) is 13.8. The summed E-state index contributed by atoms with van der Waals surface area (Å²) in [4.78, 5) is 13.9. The molecule has 0 spiro atoms. The Hall–Kier alpha value is -1.59. The van der Waals surface area contributed by atoms with Crippen LogP contribution in [0.2, 0.25) is 0 Å². The van der Waals surface area contributed by atoms with Gasteiger partial charge in [0.05, 0.1) is 13.7 Å². The lowest BCUT2D eigenvalue weighted by Gasteiger charge is -2.29. The number of methoxy groups -OCH3 is 1. The fourth-order valence-electron chi connectivity index (χ4n) is 2.28. The summed E-state index contributed by atoms with van der Waals surface area (Å²) in [6.45, 7) is 1.67. The molecule has 0 aromatic heterocycles. The highest BCUT2D eigenvalue weighted by molar-refractivity contribution is 5.95. The summed E-state index contributed by atoms with van der Waals surface area (Å²) in [7, 11) is 1.65. The van der Waals surface area contributed by atoms with Crippen LogP contribution >= 0.6 is 0 Å². The van der Waals surface area contributed by atoms with E-state index in [0.717, 1.165) is 36.4 Å². The Morgan fingerprint density at radius 1 is 1.47 bits per heavy atom. The van der Waals surface area contributed by atoms with Gasteiger partial charge in [-0.1, -0.05) is 0 Å². The first-order valence-electron chi connectivity index (χ1n) is 6.51. The molecule has 1 aromatic rings. The molecule has 0 unspecified atom stereocenters. The number of ether oxygens (including phenoxy) is 2. The maximum atomic E-state index is 12.1. The largest absolute Gasteiger partial charge is 0.497 e. The normalized spacial score (nSPS) is 14.1. The third kappa shape index (κ3) is 3.24. The first-order valence-corrected chi connectivity index (χ1v) is 6.51. The molecule has 0 saturated heterocycles. The van der Waals surface area contributed by atoms with Crippen molar-refractivity contribution in [2.24, 2.45) is 5.73 Å². The molecule has 1 aliphatic heterocycles. The second-order valence-electron chi connectivity index (χ2n) is 4.48. The van der Waals surface area contributed by atoms with Crippen LogP contribution in [0.4, 0.5) is 5.69 Å².